The Morgan fingerprint density at radius 1 is 1.58 bits per heavy atom. The SMILES string of the molecule is CN1CCC[C@H]1CCS(=O)(=O)O. The van der Waals surface area contributed by atoms with Gasteiger partial charge in [0.05, 0.1) is 5.75 Å². The van der Waals surface area contributed by atoms with Gasteiger partial charge in [0.25, 0.3) is 10.1 Å². The molecule has 0 radical (unpaired) electrons. The van der Waals surface area contributed by atoms with Crippen molar-refractivity contribution in [1.29, 1.82) is 0 Å². The van der Waals surface area contributed by atoms with Crippen LogP contribution in [0.15, 0.2) is 0 Å². The summed E-state index contributed by atoms with van der Waals surface area (Å²) in [5.41, 5.74) is 0. The van der Waals surface area contributed by atoms with E-state index < -0.39 is 10.1 Å². The second kappa shape index (κ2) is 3.72. The minimum absolute atomic E-state index is 0.109. The first-order valence-electron chi connectivity index (χ1n) is 4.14. The van der Waals surface area contributed by atoms with Gasteiger partial charge in [0, 0.05) is 6.04 Å². The zero-order chi connectivity index (χ0) is 9.19. The highest BCUT2D eigenvalue weighted by Gasteiger charge is 2.22. The Morgan fingerprint density at radius 2 is 2.25 bits per heavy atom. The maximum Gasteiger partial charge on any atom is 0.264 e. The van der Waals surface area contributed by atoms with Crippen molar-refractivity contribution >= 4 is 10.1 Å². The molecule has 0 bridgehead atoms. The maximum atomic E-state index is 10.4. The van der Waals surface area contributed by atoms with Crippen molar-refractivity contribution in [2.75, 3.05) is 19.3 Å². The molecule has 0 aromatic rings. The molecule has 0 saturated carbocycles. The van der Waals surface area contributed by atoms with E-state index in [0.717, 1.165) is 19.4 Å². The molecule has 1 aliphatic heterocycles. The first-order valence-corrected chi connectivity index (χ1v) is 5.75. The molecule has 1 atom stereocenters. The number of nitrogens with zero attached hydrogens (tertiary/aromatic N) is 1. The van der Waals surface area contributed by atoms with Gasteiger partial charge in [-0.2, -0.15) is 8.42 Å². The van der Waals surface area contributed by atoms with Crippen molar-refractivity contribution in [1.82, 2.24) is 4.90 Å². The molecule has 0 spiro atoms. The number of hydrogen-bond donors (Lipinski definition) is 1. The van der Waals surface area contributed by atoms with Crippen LogP contribution in [0.1, 0.15) is 19.3 Å². The molecule has 0 amide bonds. The third kappa shape index (κ3) is 3.08. The highest BCUT2D eigenvalue weighted by Crippen LogP contribution is 2.17. The molecule has 1 rings (SSSR count). The summed E-state index contributed by atoms with van der Waals surface area (Å²) in [6, 6.07) is 0.340. The zero-order valence-electron chi connectivity index (χ0n) is 7.23. The smallest absolute Gasteiger partial charge is 0.264 e. The summed E-state index contributed by atoms with van der Waals surface area (Å²) in [7, 11) is -1.77. The van der Waals surface area contributed by atoms with Crippen molar-refractivity contribution in [2.45, 2.75) is 25.3 Å². The monoisotopic (exact) mass is 193 g/mol. The minimum atomic E-state index is -3.76. The fourth-order valence-corrected chi connectivity index (χ4v) is 2.20. The minimum Gasteiger partial charge on any atom is -0.303 e. The summed E-state index contributed by atoms with van der Waals surface area (Å²) < 4.78 is 29.4. The van der Waals surface area contributed by atoms with Crippen LogP contribution >= 0.6 is 0 Å². The summed E-state index contributed by atoms with van der Waals surface area (Å²) >= 11 is 0. The molecule has 5 heteroatoms. The molecule has 4 nitrogen and oxygen atoms in total. The van der Waals surface area contributed by atoms with Crippen LogP contribution in [0.2, 0.25) is 0 Å². The molecule has 1 heterocycles. The van der Waals surface area contributed by atoms with Gasteiger partial charge in [-0.05, 0) is 32.9 Å². The van der Waals surface area contributed by atoms with Crippen LogP contribution in [-0.4, -0.2) is 43.3 Å². The van der Waals surface area contributed by atoms with Crippen LogP contribution in [0.4, 0.5) is 0 Å². The molecule has 1 fully saturated rings. The van der Waals surface area contributed by atoms with E-state index in [1.807, 2.05) is 7.05 Å². The van der Waals surface area contributed by atoms with E-state index in [4.69, 9.17) is 4.55 Å². The van der Waals surface area contributed by atoms with Gasteiger partial charge in [-0.25, -0.2) is 0 Å². The third-order valence-electron chi connectivity index (χ3n) is 2.38. The lowest BCUT2D eigenvalue weighted by atomic mass is 10.2. The highest BCUT2D eigenvalue weighted by molar-refractivity contribution is 7.85. The van der Waals surface area contributed by atoms with Gasteiger partial charge in [0.15, 0.2) is 0 Å². The second-order valence-corrected chi connectivity index (χ2v) is 4.92. The first-order chi connectivity index (χ1) is 5.49. The van der Waals surface area contributed by atoms with Gasteiger partial charge in [0.1, 0.15) is 0 Å². The van der Waals surface area contributed by atoms with Crippen molar-refractivity contribution in [3.05, 3.63) is 0 Å². The van der Waals surface area contributed by atoms with E-state index in [0.29, 0.717) is 12.5 Å². The van der Waals surface area contributed by atoms with Crippen LogP contribution in [0, 0.1) is 0 Å². The topological polar surface area (TPSA) is 57.6 Å². The normalized spacial score (nSPS) is 26.3. The van der Waals surface area contributed by atoms with Gasteiger partial charge in [-0.3, -0.25) is 4.55 Å². The van der Waals surface area contributed by atoms with E-state index in [1.54, 1.807) is 0 Å². The molecular formula is C7H15NO3S. The van der Waals surface area contributed by atoms with Crippen molar-refractivity contribution in [3.8, 4) is 0 Å². The Kier molecular flexibility index (Phi) is 3.09. The lowest BCUT2D eigenvalue weighted by molar-refractivity contribution is 0.303. The fourth-order valence-electron chi connectivity index (χ4n) is 1.63. The summed E-state index contributed by atoms with van der Waals surface area (Å²) in [5.74, 6) is -0.109. The summed E-state index contributed by atoms with van der Waals surface area (Å²) in [6.45, 7) is 1.04. The molecule has 0 aromatic heterocycles. The number of hydrogen-bond acceptors (Lipinski definition) is 3. The van der Waals surface area contributed by atoms with E-state index >= 15 is 0 Å². The Labute approximate surface area is 73.3 Å². The molecule has 12 heavy (non-hydrogen) atoms. The fraction of sp³-hybridized carbons (Fsp3) is 1.00. The number of likely N-dealkylation sites (tertiary alicyclic amines) is 1. The van der Waals surface area contributed by atoms with Crippen LogP contribution in [-0.2, 0) is 10.1 Å². The molecular weight excluding hydrogens is 178 g/mol. The van der Waals surface area contributed by atoms with E-state index in [-0.39, 0.29) is 5.75 Å². The van der Waals surface area contributed by atoms with Crippen molar-refractivity contribution in [2.24, 2.45) is 0 Å². The summed E-state index contributed by atoms with van der Waals surface area (Å²) in [6.07, 6.45) is 2.73. The third-order valence-corrected chi connectivity index (χ3v) is 3.13. The Morgan fingerprint density at radius 3 is 2.67 bits per heavy atom. The zero-order valence-corrected chi connectivity index (χ0v) is 8.05. The van der Waals surface area contributed by atoms with Crippen molar-refractivity contribution in [3.63, 3.8) is 0 Å². The average Bonchev–Trinajstić information content (AvgIpc) is 2.29. The van der Waals surface area contributed by atoms with Crippen LogP contribution in [0.25, 0.3) is 0 Å². The summed E-state index contributed by atoms with van der Waals surface area (Å²) in [4.78, 5) is 2.14. The average molecular weight is 193 g/mol. The molecule has 0 unspecified atom stereocenters. The lowest BCUT2D eigenvalue weighted by Crippen LogP contribution is -2.27. The van der Waals surface area contributed by atoms with Gasteiger partial charge >= 0.3 is 0 Å². The predicted molar refractivity (Wildman–Crippen MR) is 46.7 cm³/mol. The van der Waals surface area contributed by atoms with Crippen molar-refractivity contribution < 1.29 is 13.0 Å². The Bertz CT molecular complexity index is 237. The second-order valence-electron chi connectivity index (χ2n) is 3.35. The quantitative estimate of drug-likeness (QED) is 0.657. The van der Waals surface area contributed by atoms with Crippen LogP contribution in [0.3, 0.4) is 0 Å². The Balaban J connectivity index is 2.32. The predicted octanol–water partition coefficient (Wildman–Crippen LogP) is 0.359. The van der Waals surface area contributed by atoms with Crippen LogP contribution < -0.4 is 0 Å². The van der Waals surface area contributed by atoms with E-state index in [9.17, 15) is 8.42 Å². The van der Waals surface area contributed by atoms with E-state index in [2.05, 4.69) is 4.90 Å². The molecule has 0 aliphatic carbocycles. The molecule has 1 aliphatic rings. The lowest BCUT2D eigenvalue weighted by Gasteiger charge is -2.17. The molecule has 1 saturated heterocycles. The summed E-state index contributed by atoms with van der Waals surface area (Å²) in [5, 5.41) is 0. The molecule has 72 valence electrons. The van der Waals surface area contributed by atoms with Crippen LogP contribution in [0.5, 0.6) is 0 Å². The standard InChI is InChI=1S/C7H15NO3S/c1-8-5-2-3-7(8)4-6-12(9,10)11/h7H,2-6H2,1H3,(H,9,10,11)/t7-/m0/s1. The van der Waals surface area contributed by atoms with E-state index in [1.165, 1.54) is 0 Å². The van der Waals surface area contributed by atoms with Gasteiger partial charge in [0.2, 0.25) is 0 Å². The maximum absolute atomic E-state index is 10.4. The first kappa shape index (κ1) is 9.95. The molecule has 1 N–H and O–H groups in total. The van der Waals surface area contributed by atoms with Gasteiger partial charge < -0.3 is 4.90 Å². The highest BCUT2D eigenvalue weighted by atomic mass is 32.2. The number of rotatable bonds is 3. The largest absolute Gasteiger partial charge is 0.303 e. The van der Waals surface area contributed by atoms with Gasteiger partial charge in [-0.15, -0.1) is 0 Å². The Hall–Kier alpha value is -0.130. The molecule has 0 aromatic carbocycles. The van der Waals surface area contributed by atoms with Gasteiger partial charge in [-0.1, -0.05) is 0 Å².